The fraction of sp³-hybridized carbons (Fsp3) is 0.458. The van der Waals surface area contributed by atoms with Crippen molar-refractivity contribution in [1.82, 2.24) is 0 Å². The Morgan fingerprint density at radius 1 is 0.731 bits per heavy atom. The van der Waals surface area contributed by atoms with Crippen LogP contribution in [0.15, 0.2) is 42.5 Å². The highest BCUT2D eigenvalue weighted by Gasteiger charge is 2.24. The largest absolute Gasteiger partial charge is 0.454 e. The molecular weight excluding hydrogens is 320 g/mol. The molecule has 0 saturated heterocycles. The number of esters is 1. The van der Waals surface area contributed by atoms with Crippen molar-refractivity contribution in [2.45, 2.75) is 72.3 Å². The van der Waals surface area contributed by atoms with E-state index in [0.29, 0.717) is 5.92 Å². The predicted molar refractivity (Wildman–Crippen MR) is 109 cm³/mol. The van der Waals surface area contributed by atoms with Gasteiger partial charge in [-0.3, -0.25) is 0 Å². The molecule has 0 N–H and O–H groups in total. The van der Waals surface area contributed by atoms with E-state index in [9.17, 15) is 4.79 Å². The van der Waals surface area contributed by atoms with Gasteiger partial charge in [-0.15, -0.1) is 0 Å². The summed E-state index contributed by atoms with van der Waals surface area (Å²) in [5.74, 6) is 0.740. The molecule has 26 heavy (non-hydrogen) atoms. The molecule has 0 aromatic heterocycles. The van der Waals surface area contributed by atoms with Crippen molar-refractivity contribution in [3.8, 4) is 0 Å². The minimum atomic E-state index is -0.270. The summed E-state index contributed by atoms with van der Waals surface area (Å²) < 4.78 is 5.87. The Kier molecular flexibility index (Phi) is 6.63. The van der Waals surface area contributed by atoms with Gasteiger partial charge >= 0.3 is 5.97 Å². The third-order valence-corrected chi connectivity index (χ3v) is 4.89. The normalized spacial score (nSPS) is 12.7. The first-order chi connectivity index (χ1) is 12.2. The molecule has 1 atom stereocenters. The van der Waals surface area contributed by atoms with Crippen molar-refractivity contribution >= 4 is 5.97 Å². The molecule has 140 valence electrons. The lowest BCUT2D eigenvalue weighted by atomic mass is 9.84. The summed E-state index contributed by atoms with van der Waals surface area (Å²) in [4.78, 5) is 13.1. The highest BCUT2D eigenvalue weighted by atomic mass is 16.5. The molecule has 0 aliphatic carbocycles. The zero-order chi connectivity index (χ0) is 19.4. The van der Waals surface area contributed by atoms with Crippen LogP contribution in [0.1, 0.15) is 105 Å². The summed E-state index contributed by atoms with van der Waals surface area (Å²) in [6.07, 6.45) is -0.270. The average Bonchev–Trinajstić information content (AvgIpc) is 2.60. The number of hydrogen-bond donors (Lipinski definition) is 0. The number of carbonyl (C=O) groups is 1. The van der Waals surface area contributed by atoms with E-state index in [1.807, 2.05) is 37.3 Å². The second kappa shape index (κ2) is 8.53. The number of ether oxygens (including phenoxy) is 1. The summed E-state index contributed by atoms with van der Waals surface area (Å²) in [5.41, 5.74) is 5.22. The minimum absolute atomic E-state index is 0.218. The fourth-order valence-corrected chi connectivity index (χ4v) is 3.20. The van der Waals surface area contributed by atoms with Crippen LogP contribution in [0.4, 0.5) is 0 Å². The van der Waals surface area contributed by atoms with Gasteiger partial charge in [-0.1, -0.05) is 84.0 Å². The number of carbonyl (C=O) groups excluding carboxylic acids is 1. The van der Waals surface area contributed by atoms with Gasteiger partial charge in [-0.2, -0.15) is 0 Å². The summed E-state index contributed by atoms with van der Waals surface area (Å²) in [7, 11) is 0. The highest BCUT2D eigenvalue weighted by molar-refractivity contribution is 5.93. The van der Waals surface area contributed by atoms with Gasteiger partial charge in [0, 0.05) is 0 Å². The molecule has 2 heteroatoms. The van der Waals surface area contributed by atoms with Crippen molar-refractivity contribution < 1.29 is 9.53 Å². The summed E-state index contributed by atoms with van der Waals surface area (Å²) in [5, 5.41) is 0. The molecule has 0 spiro atoms. The molecule has 2 aromatic rings. The molecule has 0 aliphatic heterocycles. The summed E-state index contributed by atoms with van der Waals surface area (Å²) in [6, 6.07) is 14.3. The first-order valence-electron chi connectivity index (χ1n) is 9.66. The molecule has 2 nitrogen and oxygen atoms in total. The van der Waals surface area contributed by atoms with E-state index < -0.39 is 0 Å². The van der Waals surface area contributed by atoms with E-state index in [4.69, 9.17) is 4.74 Å². The van der Waals surface area contributed by atoms with Crippen LogP contribution in [-0.2, 0) is 4.74 Å². The molecule has 0 amide bonds. The van der Waals surface area contributed by atoms with Crippen LogP contribution >= 0.6 is 0 Å². The van der Waals surface area contributed by atoms with Gasteiger partial charge in [0.15, 0.2) is 0 Å². The molecule has 0 saturated carbocycles. The second-order valence-corrected chi connectivity index (χ2v) is 8.00. The minimum Gasteiger partial charge on any atom is -0.454 e. The van der Waals surface area contributed by atoms with E-state index in [-0.39, 0.29) is 23.9 Å². The van der Waals surface area contributed by atoms with Crippen LogP contribution < -0.4 is 0 Å². The smallest absolute Gasteiger partial charge is 0.339 e. The first-order valence-corrected chi connectivity index (χ1v) is 9.66. The summed E-state index contributed by atoms with van der Waals surface area (Å²) >= 11 is 0. The van der Waals surface area contributed by atoms with Crippen molar-refractivity contribution in [3.05, 3.63) is 70.3 Å². The Hall–Kier alpha value is -2.09. The topological polar surface area (TPSA) is 26.3 Å². The molecule has 0 unspecified atom stereocenters. The van der Waals surface area contributed by atoms with Gasteiger partial charge in [-0.05, 0) is 46.9 Å². The lowest BCUT2D eigenvalue weighted by Crippen LogP contribution is -2.16. The SMILES string of the molecule is CC(C)c1cc(C(C)C)c(C(=O)O[C@H](C)c2ccccc2)c(C(C)C)c1. The lowest BCUT2D eigenvalue weighted by molar-refractivity contribution is 0.0334. The van der Waals surface area contributed by atoms with E-state index in [1.54, 1.807) is 0 Å². The van der Waals surface area contributed by atoms with E-state index in [2.05, 4.69) is 53.7 Å². The zero-order valence-electron chi connectivity index (χ0n) is 17.2. The third kappa shape index (κ3) is 4.55. The molecule has 0 heterocycles. The van der Waals surface area contributed by atoms with Gasteiger partial charge in [0.05, 0.1) is 5.56 Å². The van der Waals surface area contributed by atoms with Crippen molar-refractivity contribution in [1.29, 1.82) is 0 Å². The van der Waals surface area contributed by atoms with Crippen LogP contribution in [0.25, 0.3) is 0 Å². The lowest BCUT2D eigenvalue weighted by Gasteiger charge is -2.23. The maximum absolute atomic E-state index is 13.1. The van der Waals surface area contributed by atoms with Gasteiger partial charge in [0.25, 0.3) is 0 Å². The number of hydrogen-bond acceptors (Lipinski definition) is 2. The van der Waals surface area contributed by atoms with Gasteiger partial charge in [-0.25, -0.2) is 4.79 Å². The van der Waals surface area contributed by atoms with Crippen LogP contribution in [0.2, 0.25) is 0 Å². The number of rotatable bonds is 6. The summed E-state index contributed by atoms with van der Waals surface area (Å²) in [6.45, 7) is 14.9. The van der Waals surface area contributed by atoms with Crippen molar-refractivity contribution in [2.24, 2.45) is 0 Å². The van der Waals surface area contributed by atoms with E-state index >= 15 is 0 Å². The first kappa shape index (κ1) is 20.2. The van der Waals surface area contributed by atoms with Crippen LogP contribution in [0, 0.1) is 0 Å². The van der Waals surface area contributed by atoms with Crippen molar-refractivity contribution in [3.63, 3.8) is 0 Å². The molecular formula is C24H32O2. The number of benzene rings is 2. The van der Waals surface area contributed by atoms with Gasteiger partial charge < -0.3 is 4.74 Å². The maximum Gasteiger partial charge on any atom is 0.339 e. The Labute approximate surface area is 158 Å². The molecule has 2 aromatic carbocycles. The third-order valence-electron chi connectivity index (χ3n) is 4.89. The Bertz CT molecular complexity index is 713. The maximum atomic E-state index is 13.1. The Morgan fingerprint density at radius 2 is 1.23 bits per heavy atom. The van der Waals surface area contributed by atoms with Crippen LogP contribution in [0.5, 0.6) is 0 Å². The van der Waals surface area contributed by atoms with Crippen LogP contribution in [-0.4, -0.2) is 5.97 Å². The molecule has 0 bridgehead atoms. The zero-order valence-corrected chi connectivity index (χ0v) is 17.2. The van der Waals surface area contributed by atoms with Gasteiger partial charge in [0.2, 0.25) is 0 Å². The monoisotopic (exact) mass is 352 g/mol. The van der Waals surface area contributed by atoms with Crippen LogP contribution in [0.3, 0.4) is 0 Å². The fourth-order valence-electron chi connectivity index (χ4n) is 3.20. The van der Waals surface area contributed by atoms with E-state index in [1.165, 1.54) is 5.56 Å². The molecule has 0 aliphatic rings. The molecule has 0 fully saturated rings. The molecule has 0 radical (unpaired) electrons. The average molecular weight is 353 g/mol. The van der Waals surface area contributed by atoms with Gasteiger partial charge in [0.1, 0.15) is 6.10 Å². The molecule has 2 rings (SSSR count). The quantitative estimate of drug-likeness (QED) is 0.524. The van der Waals surface area contributed by atoms with Crippen molar-refractivity contribution in [2.75, 3.05) is 0 Å². The van der Waals surface area contributed by atoms with E-state index in [0.717, 1.165) is 22.3 Å². The Balaban J connectivity index is 2.47. The Morgan fingerprint density at radius 3 is 1.65 bits per heavy atom. The second-order valence-electron chi connectivity index (χ2n) is 8.00. The highest BCUT2D eigenvalue weighted by Crippen LogP contribution is 2.33. The predicted octanol–water partition coefficient (Wildman–Crippen LogP) is 6.97. The standard InChI is InChI=1S/C24H32O2/c1-15(2)20-13-21(16(3)4)23(22(14-20)17(5)6)24(25)26-18(7)19-11-9-8-10-12-19/h8-18H,1-7H3/t18-/m1/s1.